The Balaban J connectivity index is 1.24. The molecule has 5 aromatic rings. The Morgan fingerprint density at radius 2 is 1.85 bits per heavy atom. The van der Waals surface area contributed by atoms with Crippen LogP contribution in [0.15, 0.2) is 78.9 Å². The summed E-state index contributed by atoms with van der Waals surface area (Å²) in [5, 5.41) is 10.1. The van der Waals surface area contributed by atoms with E-state index < -0.39 is 11.8 Å². The molecule has 40 heavy (non-hydrogen) atoms. The molecule has 1 fully saturated rings. The summed E-state index contributed by atoms with van der Waals surface area (Å²) in [5.74, 6) is -0.292. The van der Waals surface area contributed by atoms with Gasteiger partial charge in [0.2, 0.25) is 5.88 Å². The monoisotopic (exact) mass is 557 g/mol. The minimum absolute atomic E-state index is 0.0454. The number of pyridine rings is 1. The summed E-state index contributed by atoms with van der Waals surface area (Å²) in [6.07, 6.45) is 1.35. The van der Waals surface area contributed by atoms with Crippen LogP contribution in [0.1, 0.15) is 33.7 Å². The minimum atomic E-state index is -0.998. The molecule has 1 unspecified atom stereocenters. The maximum Gasteiger partial charge on any atom is 0.335 e. The first-order chi connectivity index (χ1) is 19.4. The van der Waals surface area contributed by atoms with Crippen LogP contribution in [0.3, 0.4) is 0 Å². The first-order valence-corrected chi connectivity index (χ1v) is 13.3. The average molecular weight is 558 g/mol. The SMILES string of the molecule is O=C(O)c1ccc2nc(Cc3ccc(-c4cccc(OCc5ccc(Cl)cc5)n4)c(F)c3)n(CC3CCO3)c2c1. The Kier molecular flexibility index (Phi) is 7.19. The number of halogens is 2. The van der Waals surface area contributed by atoms with Gasteiger partial charge >= 0.3 is 5.97 Å². The molecule has 0 saturated carbocycles. The molecule has 1 atom stereocenters. The van der Waals surface area contributed by atoms with E-state index in [2.05, 4.69) is 4.98 Å². The van der Waals surface area contributed by atoms with E-state index >= 15 is 4.39 Å². The normalized spacial score (nSPS) is 14.7. The molecule has 2 aromatic heterocycles. The highest BCUT2D eigenvalue weighted by molar-refractivity contribution is 6.30. The van der Waals surface area contributed by atoms with Crippen molar-refractivity contribution < 1.29 is 23.8 Å². The van der Waals surface area contributed by atoms with E-state index in [1.165, 1.54) is 6.07 Å². The Morgan fingerprint density at radius 3 is 2.58 bits per heavy atom. The fourth-order valence-corrected chi connectivity index (χ4v) is 4.84. The molecule has 1 aliphatic heterocycles. The predicted octanol–water partition coefficient (Wildman–Crippen LogP) is 6.55. The number of aromatic carboxylic acids is 1. The molecule has 3 aromatic carbocycles. The van der Waals surface area contributed by atoms with Crippen LogP contribution < -0.4 is 4.74 Å². The van der Waals surface area contributed by atoms with Crippen molar-refractivity contribution in [1.82, 2.24) is 14.5 Å². The Morgan fingerprint density at radius 1 is 1.05 bits per heavy atom. The van der Waals surface area contributed by atoms with E-state index in [1.807, 2.05) is 22.8 Å². The van der Waals surface area contributed by atoms with Gasteiger partial charge in [-0.05, 0) is 66.1 Å². The zero-order chi connectivity index (χ0) is 27.6. The molecule has 0 amide bonds. The van der Waals surface area contributed by atoms with Crippen molar-refractivity contribution in [2.45, 2.75) is 32.1 Å². The summed E-state index contributed by atoms with van der Waals surface area (Å²) >= 11 is 5.94. The number of aromatic nitrogens is 3. The predicted molar refractivity (Wildman–Crippen MR) is 149 cm³/mol. The molecule has 0 radical (unpaired) electrons. The van der Waals surface area contributed by atoms with Crippen molar-refractivity contribution in [3.63, 3.8) is 0 Å². The molecular formula is C31H25ClFN3O4. The van der Waals surface area contributed by atoms with Gasteiger partial charge in [0.15, 0.2) is 0 Å². The van der Waals surface area contributed by atoms with Gasteiger partial charge in [-0.2, -0.15) is 0 Å². The molecule has 0 aliphatic carbocycles. The summed E-state index contributed by atoms with van der Waals surface area (Å²) in [5.41, 5.74) is 4.12. The van der Waals surface area contributed by atoms with E-state index in [4.69, 9.17) is 26.1 Å². The number of nitrogens with zero attached hydrogens (tertiary/aromatic N) is 3. The van der Waals surface area contributed by atoms with E-state index in [0.717, 1.165) is 28.9 Å². The summed E-state index contributed by atoms with van der Waals surface area (Å²) in [7, 11) is 0. The second-order valence-electron chi connectivity index (χ2n) is 9.70. The fraction of sp³-hybridized carbons (Fsp3) is 0.194. The van der Waals surface area contributed by atoms with Crippen molar-refractivity contribution in [3.05, 3.63) is 112 Å². The third kappa shape index (κ3) is 5.54. The van der Waals surface area contributed by atoms with Gasteiger partial charge in [0.1, 0.15) is 18.2 Å². The highest BCUT2D eigenvalue weighted by Gasteiger charge is 2.23. The highest BCUT2D eigenvalue weighted by Crippen LogP contribution is 2.27. The van der Waals surface area contributed by atoms with E-state index in [9.17, 15) is 9.90 Å². The average Bonchev–Trinajstić information content (AvgIpc) is 3.26. The lowest BCUT2D eigenvalue weighted by Crippen LogP contribution is -2.31. The van der Waals surface area contributed by atoms with Crippen molar-refractivity contribution in [1.29, 1.82) is 0 Å². The molecule has 1 saturated heterocycles. The maximum absolute atomic E-state index is 15.4. The van der Waals surface area contributed by atoms with Gasteiger partial charge in [0.25, 0.3) is 0 Å². The zero-order valence-electron chi connectivity index (χ0n) is 21.4. The van der Waals surface area contributed by atoms with Crippen molar-refractivity contribution in [2.75, 3.05) is 6.61 Å². The summed E-state index contributed by atoms with van der Waals surface area (Å²) < 4.78 is 28.8. The van der Waals surface area contributed by atoms with Crippen molar-refractivity contribution in [2.24, 2.45) is 0 Å². The van der Waals surface area contributed by atoms with Crippen LogP contribution >= 0.6 is 11.6 Å². The number of carboxylic acid groups (broad SMARTS) is 1. The number of carbonyl (C=O) groups is 1. The van der Waals surface area contributed by atoms with Gasteiger partial charge in [-0.25, -0.2) is 19.2 Å². The zero-order valence-corrected chi connectivity index (χ0v) is 22.1. The smallest absolute Gasteiger partial charge is 0.335 e. The highest BCUT2D eigenvalue weighted by atomic mass is 35.5. The molecule has 1 aliphatic rings. The van der Waals surface area contributed by atoms with Crippen LogP contribution in [-0.2, 0) is 24.3 Å². The number of fused-ring (bicyclic) bond motifs is 1. The Hall–Kier alpha value is -4.27. The summed E-state index contributed by atoms with van der Waals surface area (Å²) in [6, 6.07) is 22.5. The molecule has 7 nitrogen and oxygen atoms in total. The number of imidazole rings is 1. The molecule has 0 bridgehead atoms. The maximum atomic E-state index is 15.4. The second-order valence-corrected chi connectivity index (χ2v) is 10.1. The van der Waals surface area contributed by atoms with Crippen molar-refractivity contribution in [3.8, 4) is 17.1 Å². The van der Waals surface area contributed by atoms with Gasteiger partial charge in [0.05, 0.1) is 34.9 Å². The number of hydrogen-bond donors (Lipinski definition) is 1. The molecular weight excluding hydrogens is 533 g/mol. The molecule has 6 rings (SSSR count). The van der Waals surface area contributed by atoms with Crippen LogP contribution in [0, 0.1) is 5.82 Å². The van der Waals surface area contributed by atoms with E-state index in [0.29, 0.717) is 53.9 Å². The van der Waals surface area contributed by atoms with Crippen molar-refractivity contribution >= 4 is 28.6 Å². The standard InChI is InChI=1S/C31H25ClFN3O4/c32-22-8-4-19(5-9-22)18-40-30-3-1-2-26(35-30)24-10-6-20(14-25(24)33)15-29-34-27-11-7-21(31(37)38)16-28(27)36(29)17-23-12-13-39-23/h1-11,14,16,23H,12-13,15,17-18H2,(H,37,38). The molecule has 3 heterocycles. The van der Waals surface area contributed by atoms with Gasteiger partial charge < -0.3 is 19.1 Å². The first kappa shape index (κ1) is 26.0. The van der Waals surface area contributed by atoms with Gasteiger partial charge in [0, 0.05) is 29.7 Å². The van der Waals surface area contributed by atoms with Crippen LogP contribution in [0.2, 0.25) is 5.02 Å². The third-order valence-electron chi connectivity index (χ3n) is 6.95. The summed E-state index contributed by atoms with van der Waals surface area (Å²) in [4.78, 5) is 20.8. The number of rotatable bonds is 9. The second kappa shape index (κ2) is 11.1. The topological polar surface area (TPSA) is 86.5 Å². The molecule has 9 heteroatoms. The first-order valence-electron chi connectivity index (χ1n) is 12.9. The van der Waals surface area contributed by atoms with Gasteiger partial charge in [-0.1, -0.05) is 35.9 Å². The quantitative estimate of drug-likeness (QED) is 0.221. The van der Waals surface area contributed by atoms with E-state index in [1.54, 1.807) is 54.6 Å². The molecule has 1 N–H and O–H groups in total. The number of carboxylic acids is 1. The lowest BCUT2D eigenvalue weighted by Gasteiger charge is -2.27. The number of ether oxygens (including phenoxy) is 2. The lowest BCUT2D eigenvalue weighted by atomic mass is 10.1. The minimum Gasteiger partial charge on any atom is -0.478 e. The molecule has 202 valence electrons. The largest absolute Gasteiger partial charge is 0.478 e. The molecule has 0 spiro atoms. The van der Waals surface area contributed by atoms with Crippen LogP contribution in [0.4, 0.5) is 4.39 Å². The van der Waals surface area contributed by atoms with Gasteiger partial charge in [-0.15, -0.1) is 0 Å². The number of hydrogen-bond acceptors (Lipinski definition) is 5. The van der Waals surface area contributed by atoms with Crippen LogP contribution in [-0.4, -0.2) is 38.3 Å². The third-order valence-corrected chi connectivity index (χ3v) is 7.20. The van der Waals surface area contributed by atoms with E-state index in [-0.39, 0.29) is 11.7 Å². The lowest BCUT2D eigenvalue weighted by molar-refractivity contribution is -0.0589. The van der Waals surface area contributed by atoms with Crippen LogP contribution in [0.5, 0.6) is 5.88 Å². The Labute approximate surface area is 234 Å². The Bertz CT molecular complexity index is 1700. The fourth-order valence-electron chi connectivity index (χ4n) is 4.72. The van der Waals surface area contributed by atoms with Crippen LogP contribution in [0.25, 0.3) is 22.3 Å². The number of benzene rings is 3. The van der Waals surface area contributed by atoms with Gasteiger partial charge in [-0.3, -0.25) is 0 Å². The summed E-state index contributed by atoms with van der Waals surface area (Å²) in [6.45, 7) is 1.58.